The molecule has 124 valence electrons. The van der Waals surface area contributed by atoms with E-state index >= 15 is 0 Å². The van der Waals surface area contributed by atoms with Gasteiger partial charge >= 0.3 is 0 Å². The van der Waals surface area contributed by atoms with E-state index < -0.39 is 6.10 Å². The second-order valence-electron chi connectivity index (χ2n) is 6.58. The van der Waals surface area contributed by atoms with Gasteiger partial charge in [-0.05, 0) is 56.9 Å². The molecule has 1 aromatic rings. The predicted molar refractivity (Wildman–Crippen MR) is 88.4 cm³/mol. The average molecular weight is 316 g/mol. The molecule has 1 N–H and O–H groups in total. The highest BCUT2D eigenvalue weighted by molar-refractivity contribution is 5.97. The molecule has 2 heterocycles. The van der Waals surface area contributed by atoms with Gasteiger partial charge in [0, 0.05) is 36.8 Å². The van der Waals surface area contributed by atoms with E-state index in [1.54, 1.807) is 24.0 Å². The third kappa shape index (κ3) is 3.39. The normalized spacial score (nSPS) is 22.7. The van der Waals surface area contributed by atoms with Gasteiger partial charge in [0.1, 0.15) is 0 Å². The van der Waals surface area contributed by atoms with E-state index in [0.29, 0.717) is 18.4 Å². The first-order chi connectivity index (χ1) is 11.1. The highest BCUT2D eigenvalue weighted by atomic mass is 16.3. The number of aliphatic hydroxyl groups excluding tert-OH is 1. The van der Waals surface area contributed by atoms with Crippen LogP contribution in [0.3, 0.4) is 0 Å². The van der Waals surface area contributed by atoms with E-state index in [2.05, 4.69) is 0 Å². The molecule has 1 aromatic carbocycles. The maximum atomic E-state index is 12.7. The van der Waals surface area contributed by atoms with Crippen LogP contribution in [0, 0.1) is 0 Å². The molecule has 2 atom stereocenters. The summed E-state index contributed by atoms with van der Waals surface area (Å²) in [6.45, 7) is 3.28. The number of aliphatic hydroxyl groups is 1. The molecule has 0 aromatic heterocycles. The minimum absolute atomic E-state index is 0.0208. The number of carbonyl (C=O) groups is 2. The van der Waals surface area contributed by atoms with Crippen LogP contribution in [0.25, 0.3) is 0 Å². The van der Waals surface area contributed by atoms with Crippen LogP contribution in [0.1, 0.15) is 49.4 Å². The Morgan fingerprint density at radius 3 is 2.61 bits per heavy atom. The largest absolute Gasteiger partial charge is 0.393 e. The highest BCUT2D eigenvalue weighted by Crippen LogP contribution is 2.26. The maximum absolute atomic E-state index is 12.7. The topological polar surface area (TPSA) is 60.9 Å². The predicted octanol–water partition coefficient (Wildman–Crippen LogP) is 2.19. The average Bonchev–Trinajstić information content (AvgIpc) is 3.15. The molecule has 2 amide bonds. The molecule has 0 aliphatic carbocycles. The molecular formula is C18H24N2O3. The summed E-state index contributed by atoms with van der Waals surface area (Å²) in [4.78, 5) is 28.1. The van der Waals surface area contributed by atoms with Gasteiger partial charge in [0.2, 0.25) is 5.91 Å². The number of hydrogen-bond donors (Lipinski definition) is 1. The molecule has 2 aliphatic rings. The minimum Gasteiger partial charge on any atom is -0.393 e. The number of anilines is 1. The Morgan fingerprint density at radius 1 is 1.26 bits per heavy atom. The Kier molecular flexibility index (Phi) is 4.66. The summed E-state index contributed by atoms with van der Waals surface area (Å²) in [6, 6.07) is 7.45. The fourth-order valence-corrected chi connectivity index (χ4v) is 3.61. The molecule has 5 heteroatoms. The molecule has 0 saturated carbocycles. The van der Waals surface area contributed by atoms with Crippen molar-refractivity contribution in [2.24, 2.45) is 0 Å². The molecule has 2 fully saturated rings. The zero-order valence-electron chi connectivity index (χ0n) is 13.6. The van der Waals surface area contributed by atoms with Crippen LogP contribution in [-0.2, 0) is 4.79 Å². The molecule has 2 aliphatic heterocycles. The van der Waals surface area contributed by atoms with Crippen LogP contribution in [-0.4, -0.2) is 47.1 Å². The van der Waals surface area contributed by atoms with Gasteiger partial charge in [0.25, 0.3) is 5.91 Å². The summed E-state index contributed by atoms with van der Waals surface area (Å²) in [5, 5.41) is 9.59. The number of rotatable bonds is 4. The lowest BCUT2D eigenvalue weighted by molar-refractivity contribution is -0.117. The smallest absolute Gasteiger partial charge is 0.254 e. The molecular weight excluding hydrogens is 292 g/mol. The summed E-state index contributed by atoms with van der Waals surface area (Å²) in [7, 11) is 0. The Labute approximate surface area is 136 Å². The van der Waals surface area contributed by atoms with Crippen molar-refractivity contribution >= 4 is 17.5 Å². The fraction of sp³-hybridized carbons (Fsp3) is 0.556. The SMILES string of the molecule is CC(O)CC1CCCN1C(=O)c1ccc(N2CCCC2=O)cc1. The lowest BCUT2D eigenvalue weighted by Crippen LogP contribution is -2.37. The second kappa shape index (κ2) is 6.71. The van der Waals surface area contributed by atoms with E-state index in [1.165, 1.54) is 0 Å². The number of likely N-dealkylation sites (tertiary alicyclic amines) is 1. The molecule has 2 saturated heterocycles. The number of carbonyl (C=O) groups excluding carboxylic acids is 2. The highest BCUT2D eigenvalue weighted by Gasteiger charge is 2.30. The summed E-state index contributed by atoms with van der Waals surface area (Å²) < 4.78 is 0. The van der Waals surface area contributed by atoms with Gasteiger partial charge in [-0.25, -0.2) is 0 Å². The van der Waals surface area contributed by atoms with Gasteiger partial charge in [-0.3, -0.25) is 9.59 Å². The number of amides is 2. The number of benzene rings is 1. The quantitative estimate of drug-likeness (QED) is 0.926. The van der Waals surface area contributed by atoms with Crippen LogP contribution < -0.4 is 4.90 Å². The van der Waals surface area contributed by atoms with Crippen molar-refractivity contribution in [3.63, 3.8) is 0 Å². The third-order valence-corrected chi connectivity index (χ3v) is 4.75. The van der Waals surface area contributed by atoms with Crippen molar-refractivity contribution in [2.75, 3.05) is 18.0 Å². The zero-order valence-corrected chi connectivity index (χ0v) is 13.6. The van der Waals surface area contributed by atoms with Crippen molar-refractivity contribution in [1.29, 1.82) is 0 Å². The monoisotopic (exact) mass is 316 g/mol. The summed E-state index contributed by atoms with van der Waals surface area (Å²) in [5.41, 5.74) is 1.52. The van der Waals surface area contributed by atoms with E-state index in [9.17, 15) is 14.7 Å². The van der Waals surface area contributed by atoms with Crippen LogP contribution in [0.5, 0.6) is 0 Å². The second-order valence-corrected chi connectivity index (χ2v) is 6.58. The van der Waals surface area contributed by atoms with E-state index in [0.717, 1.165) is 38.0 Å². The van der Waals surface area contributed by atoms with Crippen LogP contribution in [0.15, 0.2) is 24.3 Å². The van der Waals surface area contributed by atoms with Gasteiger partial charge in [0.05, 0.1) is 6.10 Å². The Bertz CT molecular complexity index is 582. The number of hydrogen-bond acceptors (Lipinski definition) is 3. The van der Waals surface area contributed by atoms with Crippen molar-refractivity contribution in [3.8, 4) is 0 Å². The summed E-state index contributed by atoms with van der Waals surface area (Å²) in [5.74, 6) is 0.174. The molecule has 0 bridgehead atoms. The Hall–Kier alpha value is -1.88. The van der Waals surface area contributed by atoms with E-state index in [-0.39, 0.29) is 17.9 Å². The first-order valence-electron chi connectivity index (χ1n) is 8.45. The first-order valence-corrected chi connectivity index (χ1v) is 8.45. The Balaban J connectivity index is 1.71. The zero-order chi connectivity index (χ0) is 16.4. The molecule has 3 rings (SSSR count). The van der Waals surface area contributed by atoms with Crippen LogP contribution >= 0.6 is 0 Å². The molecule has 5 nitrogen and oxygen atoms in total. The summed E-state index contributed by atoms with van der Waals surface area (Å²) >= 11 is 0. The van der Waals surface area contributed by atoms with E-state index in [4.69, 9.17) is 0 Å². The summed E-state index contributed by atoms with van der Waals surface area (Å²) in [6.07, 6.45) is 3.69. The van der Waals surface area contributed by atoms with Gasteiger partial charge in [-0.2, -0.15) is 0 Å². The van der Waals surface area contributed by atoms with Crippen LogP contribution in [0.2, 0.25) is 0 Å². The fourth-order valence-electron chi connectivity index (χ4n) is 3.61. The standard InChI is InChI=1S/C18H24N2O3/c1-13(21)12-16-4-2-11-20(16)18(23)14-6-8-15(9-7-14)19-10-3-5-17(19)22/h6-9,13,16,21H,2-5,10-12H2,1H3. The van der Waals surface area contributed by atoms with Crippen molar-refractivity contribution in [2.45, 2.75) is 51.2 Å². The van der Waals surface area contributed by atoms with Gasteiger partial charge < -0.3 is 14.9 Å². The van der Waals surface area contributed by atoms with Crippen molar-refractivity contribution in [3.05, 3.63) is 29.8 Å². The van der Waals surface area contributed by atoms with Crippen molar-refractivity contribution < 1.29 is 14.7 Å². The van der Waals surface area contributed by atoms with Gasteiger partial charge in [0.15, 0.2) is 0 Å². The van der Waals surface area contributed by atoms with Gasteiger partial charge in [-0.1, -0.05) is 0 Å². The molecule has 23 heavy (non-hydrogen) atoms. The Morgan fingerprint density at radius 2 is 2.00 bits per heavy atom. The van der Waals surface area contributed by atoms with Gasteiger partial charge in [-0.15, -0.1) is 0 Å². The third-order valence-electron chi connectivity index (χ3n) is 4.75. The maximum Gasteiger partial charge on any atom is 0.254 e. The van der Waals surface area contributed by atoms with Crippen molar-refractivity contribution in [1.82, 2.24) is 4.90 Å². The molecule has 2 unspecified atom stereocenters. The number of nitrogens with zero attached hydrogens (tertiary/aromatic N) is 2. The molecule has 0 spiro atoms. The lowest BCUT2D eigenvalue weighted by Gasteiger charge is -2.26. The first kappa shape index (κ1) is 16.0. The van der Waals surface area contributed by atoms with Crippen LogP contribution in [0.4, 0.5) is 5.69 Å². The van der Waals surface area contributed by atoms with E-state index in [1.807, 2.05) is 17.0 Å². The minimum atomic E-state index is -0.392. The lowest BCUT2D eigenvalue weighted by atomic mass is 10.1. The molecule has 0 radical (unpaired) electrons.